The lowest BCUT2D eigenvalue weighted by molar-refractivity contribution is -0.113. The van der Waals surface area contributed by atoms with Gasteiger partial charge in [0.2, 0.25) is 5.91 Å². The van der Waals surface area contributed by atoms with E-state index in [1.165, 1.54) is 11.8 Å². The number of nitrogens with zero attached hydrogens (tertiary/aromatic N) is 4. The van der Waals surface area contributed by atoms with Crippen molar-refractivity contribution in [2.24, 2.45) is 0 Å². The lowest BCUT2D eigenvalue weighted by atomic mass is 10.2. The average Bonchev–Trinajstić information content (AvgIpc) is 3.34. The third kappa shape index (κ3) is 5.81. The third-order valence-electron chi connectivity index (χ3n) is 5.11. The molecular formula is C27H20BrN5O2S. The molecule has 36 heavy (non-hydrogen) atoms. The zero-order valence-corrected chi connectivity index (χ0v) is 21.3. The van der Waals surface area contributed by atoms with Crippen LogP contribution in [0.2, 0.25) is 0 Å². The van der Waals surface area contributed by atoms with Crippen molar-refractivity contribution in [1.29, 1.82) is 0 Å². The zero-order chi connectivity index (χ0) is 24.7. The van der Waals surface area contributed by atoms with Gasteiger partial charge in [0, 0.05) is 33.8 Å². The summed E-state index contributed by atoms with van der Waals surface area (Å²) in [6, 6.07) is 28.4. The number of rotatable bonds is 8. The summed E-state index contributed by atoms with van der Waals surface area (Å²) in [5, 5.41) is 12.3. The number of amides is 1. The molecule has 178 valence electrons. The number of carbonyl (C=O) groups is 1. The van der Waals surface area contributed by atoms with Gasteiger partial charge in [-0.05, 0) is 72.8 Å². The van der Waals surface area contributed by atoms with E-state index < -0.39 is 0 Å². The molecule has 1 amide bonds. The van der Waals surface area contributed by atoms with Gasteiger partial charge in [-0.2, -0.15) is 0 Å². The van der Waals surface area contributed by atoms with Gasteiger partial charge in [0.1, 0.15) is 11.5 Å². The molecule has 0 atom stereocenters. The molecule has 0 fully saturated rings. The number of ether oxygens (including phenoxy) is 1. The van der Waals surface area contributed by atoms with E-state index >= 15 is 0 Å². The van der Waals surface area contributed by atoms with Crippen molar-refractivity contribution in [3.05, 3.63) is 108 Å². The summed E-state index contributed by atoms with van der Waals surface area (Å²) in [5.41, 5.74) is 2.47. The van der Waals surface area contributed by atoms with E-state index in [0.717, 1.165) is 21.5 Å². The molecule has 1 N–H and O–H groups in total. The van der Waals surface area contributed by atoms with Crippen LogP contribution >= 0.6 is 27.7 Å². The van der Waals surface area contributed by atoms with E-state index in [9.17, 15) is 4.79 Å². The molecule has 9 heteroatoms. The smallest absolute Gasteiger partial charge is 0.234 e. The van der Waals surface area contributed by atoms with E-state index in [1.807, 2.05) is 95.6 Å². The number of pyridine rings is 1. The van der Waals surface area contributed by atoms with E-state index in [2.05, 4.69) is 36.4 Å². The summed E-state index contributed by atoms with van der Waals surface area (Å²) in [5.74, 6) is 2.16. The normalized spacial score (nSPS) is 10.7. The van der Waals surface area contributed by atoms with Gasteiger partial charge in [0.25, 0.3) is 0 Å². The van der Waals surface area contributed by atoms with Crippen molar-refractivity contribution in [1.82, 2.24) is 19.7 Å². The number of nitrogens with one attached hydrogen (secondary N) is 1. The molecule has 0 bridgehead atoms. The van der Waals surface area contributed by atoms with Gasteiger partial charge in [-0.1, -0.05) is 45.9 Å². The Morgan fingerprint density at radius 2 is 1.56 bits per heavy atom. The fourth-order valence-corrected chi connectivity index (χ4v) is 4.45. The number of carbonyl (C=O) groups excluding carboxylic acids is 1. The second kappa shape index (κ2) is 11.2. The van der Waals surface area contributed by atoms with E-state index in [-0.39, 0.29) is 11.7 Å². The molecule has 0 saturated carbocycles. The zero-order valence-electron chi connectivity index (χ0n) is 18.9. The highest BCUT2D eigenvalue weighted by molar-refractivity contribution is 9.10. The lowest BCUT2D eigenvalue weighted by Gasteiger charge is -2.11. The molecule has 2 heterocycles. The third-order valence-corrected chi connectivity index (χ3v) is 6.56. The molecule has 0 radical (unpaired) electrons. The van der Waals surface area contributed by atoms with E-state index in [0.29, 0.717) is 22.4 Å². The fourth-order valence-electron chi connectivity index (χ4n) is 3.43. The predicted octanol–water partition coefficient (Wildman–Crippen LogP) is 6.61. The maximum absolute atomic E-state index is 12.7. The monoisotopic (exact) mass is 557 g/mol. The average molecular weight is 558 g/mol. The fraction of sp³-hybridized carbons (Fsp3) is 0.0370. The van der Waals surface area contributed by atoms with Crippen molar-refractivity contribution >= 4 is 39.3 Å². The first-order valence-corrected chi connectivity index (χ1v) is 12.8. The van der Waals surface area contributed by atoms with Crippen LogP contribution in [-0.2, 0) is 4.79 Å². The number of hydrogen-bond donors (Lipinski definition) is 1. The summed E-state index contributed by atoms with van der Waals surface area (Å²) in [6.45, 7) is 0. The summed E-state index contributed by atoms with van der Waals surface area (Å²) >= 11 is 4.80. The SMILES string of the molecule is O=C(CSc1nnc(-c2ccncc2)n1-c1ccc(Br)cc1)Nc1ccc(Oc2ccccc2)cc1. The minimum Gasteiger partial charge on any atom is -0.457 e. The van der Waals surface area contributed by atoms with Crippen LogP contribution in [-0.4, -0.2) is 31.4 Å². The number of anilines is 1. The first kappa shape index (κ1) is 23.8. The maximum Gasteiger partial charge on any atom is 0.234 e. The summed E-state index contributed by atoms with van der Waals surface area (Å²) < 4.78 is 8.71. The molecule has 0 aliphatic heterocycles. The number of aromatic nitrogens is 4. The Labute approximate surface area is 220 Å². The predicted molar refractivity (Wildman–Crippen MR) is 145 cm³/mol. The minimum atomic E-state index is -0.146. The standard InChI is InChI=1S/C27H20BrN5O2S/c28-20-6-10-22(11-7-20)33-26(19-14-16-29-17-15-19)31-32-27(33)36-18-25(34)30-21-8-12-24(13-9-21)35-23-4-2-1-3-5-23/h1-17H,18H2,(H,30,34). The molecule has 2 aromatic heterocycles. The molecule has 0 aliphatic carbocycles. The van der Waals surface area contributed by atoms with Crippen molar-refractivity contribution in [3.8, 4) is 28.6 Å². The van der Waals surface area contributed by atoms with E-state index in [4.69, 9.17) is 4.74 Å². The summed E-state index contributed by atoms with van der Waals surface area (Å²) in [4.78, 5) is 16.8. The van der Waals surface area contributed by atoms with Gasteiger partial charge in [-0.25, -0.2) is 0 Å². The van der Waals surface area contributed by atoms with Gasteiger partial charge < -0.3 is 10.1 Å². The Balaban J connectivity index is 1.28. The number of para-hydroxylation sites is 1. The molecule has 7 nitrogen and oxygen atoms in total. The lowest BCUT2D eigenvalue weighted by Crippen LogP contribution is -2.14. The van der Waals surface area contributed by atoms with Gasteiger partial charge in [0.05, 0.1) is 5.75 Å². The maximum atomic E-state index is 12.7. The van der Waals surface area contributed by atoms with Gasteiger partial charge >= 0.3 is 0 Å². The number of hydrogen-bond acceptors (Lipinski definition) is 6. The van der Waals surface area contributed by atoms with E-state index in [1.54, 1.807) is 12.4 Å². The van der Waals surface area contributed by atoms with Crippen LogP contribution in [0.1, 0.15) is 0 Å². The van der Waals surface area contributed by atoms with Crippen LogP contribution in [0.25, 0.3) is 17.1 Å². The Hall–Kier alpha value is -3.95. The Kier molecular flexibility index (Phi) is 7.39. The largest absolute Gasteiger partial charge is 0.457 e. The first-order chi connectivity index (χ1) is 17.7. The van der Waals surface area contributed by atoms with Gasteiger partial charge in [-0.3, -0.25) is 14.3 Å². The first-order valence-electron chi connectivity index (χ1n) is 11.0. The Morgan fingerprint density at radius 1 is 0.861 bits per heavy atom. The second-order valence-electron chi connectivity index (χ2n) is 7.63. The van der Waals surface area contributed by atoms with Crippen molar-refractivity contribution in [2.45, 2.75) is 5.16 Å². The highest BCUT2D eigenvalue weighted by Gasteiger charge is 2.17. The van der Waals surface area contributed by atoms with Crippen LogP contribution in [0.4, 0.5) is 5.69 Å². The highest BCUT2D eigenvalue weighted by Crippen LogP contribution is 2.29. The number of halogens is 1. The van der Waals surface area contributed by atoms with Crippen LogP contribution < -0.4 is 10.1 Å². The minimum absolute atomic E-state index is 0.146. The number of benzene rings is 3. The van der Waals surface area contributed by atoms with Crippen LogP contribution in [0.5, 0.6) is 11.5 Å². The molecule has 0 saturated heterocycles. The molecule has 5 rings (SSSR count). The Bertz CT molecular complexity index is 1440. The molecule has 5 aromatic rings. The summed E-state index contributed by atoms with van der Waals surface area (Å²) in [7, 11) is 0. The quantitative estimate of drug-likeness (QED) is 0.216. The van der Waals surface area contributed by atoms with Crippen LogP contribution in [0, 0.1) is 0 Å². The van der Waals surface area contributed by atoms with Gasteiger partial charge in [-0.15, -0.1) is 10.2 Å². The topological polar surface area (TPSA) is 81.9 Å². The summed E-state index contributed by atoms with van der Waals surface area (Å²) in [6.07, 6.45) is 3.43. The molecule has 3 aromatic carbocycles. The van der Waals surface area contributed by atoms with Crippen molar-refractivity contribution in [3.63, 3.8) is 0 Å². The molecule has 0 unspecified atom stereocenters. The second-order valence-corrected chi connectivity index (χ2v) is 9.49. The number of thioether (sulfide) groups is 1. The van der Waals surface area contributed by atoms with Gasteiger partial charge in [0.15, 0.2) is 11.0 Å². The molecular weight excluding hydrogens is 538 g/mol. The van der Waals surface area contributed by atoms with Crippen molar-refractivity contribution in [2.75, 3.05) is 11.1 Å². The highest BCUT2D eigenvalue weighted by atomic mass is 79.9. The molecule has 0 spiro atoms. The molecule has 0 aliphatic rings. The van der Waals surface area contributed by atoms with Crippen LogP contribution in [0.3, 0.4) is 0 Å². The van der Waals surface area contributed by atoms with Crippen molar-refractivity contribution < 1.29 is 9.53 Å². The van der Waals surface area contributed by atoms with Crippen LogP contribution in [0.15, 0.2) is 113 Å². The Morgan fingerprint density at radius 3 is 2.28 bits per heavy atom.